The number of hydrogen-bond donors (Lipinski definition) is 0. The lowest BCUT2D eigenvalue weighted by molar-refractivity contribution is -0.143. The first-order valence-corrected chi connectivity index (χ1v) is 7.65. The normalized spacial score (nSPS) is 11.3. The lowest BCUT2D eigenvalue weighted by Gasteiger charge is -2.21. The van der Waals surface area contributed by atoms with Crippen molar-refractivity contribution in [3.8, 4) is 0 Å². The smallest absolute Gasteiger partial charge is 0.293 e. The van der Waals surface area contributed by atoms with Crippen molar-refractivity contribution in [2.24, 2.45) is 0 Å². The molecule has 0 bridgehead atoms. The van der Waals surface area contributed by atoms with Gasteiger partial charge < -0.3 is 4.74 Å². The van der Waals surface area contributed by atoms with E-state index in [1.165, 1.54) is 38.5 Å². The summed E-state index contributed by atoms with van der Waals surface area (Å²) in [6.07, 6.45) is 10.8. The molecule has 19 heavy (non-hydrogen) atoms. The molecule has 0 fully saturated rings. The molecule has 0 aliphatic heterocycles. The number of carbonyl (C=O) groups excluding carboxylic acids is 2. The van der Waals surface area contributed by atoms with Crippen molar-refractivity contribution in [2.75, 3.05) is 0 Å². The van der Waals surface area contributed by atoms with Crippen molar-refractivity contribution in [1.29, 1.82) is 0 Å². The second kappa shape index (κ2) is 11.0. The Bertz CT molecular complexity index is 246. The topological polar surface area (TPSA) is 43.4 Å². The Kier molecular flexibility index (Phi) is 10.5. The van der Waals surface area contributed by atoms with Crippen molar-refractivity contribution < 1.29 is 14.3 Å². The van der Waals surface area contributed by atoms with Crippen LogP contribution in [0.1, 0.15) is 85.0 Å². The third-order valence-corrected chi connectivity index (χ3v) is 3.30. The second-order valence-corrected chi connectivity index (χ2v) is 5.91. The van der Waals surface area contributed by atoms with E-state index in [0.717, 1.165) is 12.8 Å². The molecule has 0 rings (SSSR count). The van der Waals surface area contributed by atoms with Gasteiger partial charge in [0.1, 0.15) is 11.4 Å². The maximum Gasteiger partial charge on any atom is 0.293 e. The van der Waals surface area contributed by atoms with Gasteiger partial charge in [-0.25, -0.2) is 0 Å². The first-order chi connectivity index (χ1) is 9.02. The Labute approximate surface area is 118 Å². The summed E-state index contributed by atoms with van der Waals surface area (Å²) in [6, 6.07) is 0. The van der Waals surface area contributed by atoms with Crippen LogP contribution in [0.5, 0.6) is 0 Å². The second-order valence-electron chi connectivity index (χ2n) is 5.91. The maximum atomic E-state index is 11.7. The largest absolute Gasteiger partial charge is 0.461 e. The Morgan fingerprint density at radius 1 is 1.00 bits per heavy atom. The molecule has 0 aliphatic rings. The zero-order chi connectivity index (χ0) is 14.6. The number of rotatable bonds is 13. The van der Waals surface area contributed by atoms with Crippen molar-refractivity contribution in [2.45, 2.75) is 90.6 Å². The average Bonchev–Trinajstić information content (AvgIpc) is 2.31. The molecule has 0 radical (unpaired) electrons. The summed E-state index contributed by atoms with van der Waals surface area (Å²) < 4.78 is 4.88. The molecule has 0 atom stereocenters. The van der Waals surface area contributed by atoms with Crippen LogP contribution in [0.3, 0.4) is 0 Å². The molecule has 0 saturated carbocycles. The van der Waals surface area contributed by atoms with Crippen LogP contribution in [-0.4, -0.2) is 17.9 Å². The molecular formula is C16H30O3. The van der Waals surface area contributed by atoms with E-state index in [1.807, 2.05) is 0 Å². The van der Waals surface area contributed by atoms with E-state index in [1.54, 1.807) is 13.8 Å². The van der Waals surface area contributed by atoms with E-state index in [2.05, 4.69) is 6.92 Å². The van der Waals surface area contributed by atoms with E-state index in [-0.39, 0.29) is 5.78 Å². The first kappa shape index (κ1) is 18.1. The maximum absolute atomic E-state index is 11.7. The van der Waals surface area contributed by atoms with E-state index in [0.29, 0.717) is 19.3 Å². The van der Waals surface area contributed by atoms with Gasteiger partial charge in [-0.2, -0.15) is 0 Å². The lowest BCUT2D eigenvalue weighted by atomic mass is 9.98. The standard InChI is InChI=1S/C16H30O3/c1-4-5-6-7-8-9-10-11-12-15(18)13-16(2,3)19-14-17/h14H,4-13H2,1-3H3. The van der Waals surface area contributed by atoms with Gasteiger partial charge in [-0.05, 0) is 20.3 Å². The number of carbonyl (C=O) groups is 2. The number of ether oxygens (including phenoxy) is 1. The summed E-state index contributed by atoms with van der Waals surface area (Å²) in [5.41, 5.74) is -0.654. The molecule has 0 aromatic rings. The molecule has 0 saturated heterocycles. The Hall–Kier alpha value is -0.860. The third-order valence-electron chi connectivity index (χ3n) is 3.30. The fraction of sp³-hybridized carbons (Fsp3) is 0.875. The van der Waals surface area contributed by atoms with Crippen molar-refractivity contribution in [3.05, 3.63) is 0 Å². The van der Waals surface area contributed by atoms with Crippen molar-refractivity contribution >= 4 is 12.3 Å². The molecule has 3 heteroatoms. The Morgan fingerprint density at radius 3 is 2.05 bits per heavy atom. The zero-order valence-electron chi connectivity index (χ0n) is 12.9. The Balaban J connectivity index is 3.46. The fourth-order valence-electron chi connectivity index (χ4n) is 2.19. The highest BCUT2D eigenvalue weighted by atomic mass is 16.5. The van der Waals surface area contributed by atoms with Crippen LogP contribution in [0.25, 0.3) is 0 Å². The number of ketones is 1. The summed E-state index contributed by atoms with van der Waals surface area (Å²) in [5.74, 6) is 0.192. The highest BCUT2D eigenvalue weighted by Gasteiger charge is 2.22. The quantitative estimate of drug-likeness (QED) is 0.367. The third kappa shape index (κ3) is 11.9. The van der Waals surface area contributed by atoms with Crippen LogP contribution < -0.4 is 0 Å². The fourth-order valence-corrected chi connectivity index (χ4v) is 2.19. The van der Waals surface area contributed by atoms with Crippen LogP contribution in [0, 0.1) is 0 Å². The van der Waals surface area contributed by atoms with Crippen molar-refractivity contribution in [1.82, 2.24) is 0 Å². The molecule has 0 N–H and O–H groups in total. The van der Waals surface area contributed by atoms with Crippen LogP contribution in [0.4, 0.5) is 0 Å². The van der Waals surface area contributed by atoms with Gasteiger partial charge in [0.25, 0.3) is 6.47 Å². The predicted octanol–water partition coefficient (Wildman–Crippen LogP) is 4.43. The van der Waals surface area contributed by atoms with Gasteiger partial charge in [0.05, 0.1) is 0 Å². The van der Waals surface area contributed by atoms with Gasteiger partial charge in [0.2, 0.25) is 0 Å². The monoisotopic (exact) mass is 270 g/mol. The van der Waals surface area contributed by atoms with Gasteiger partial charge >= 0.3 is 0 Å². The Morgan fingerprint density at radius 2 is 1.53 bits per heavy atom. The minimum absolute atomic E-state index is 0.192. The molecule has 0 aromatic carbocycles. The molecule has 112 valence electrons. The van der Waals surface area contributed by atoms with Crippen LogP contribution in [-0.2, 0) is 14.3 Å². The summed E-state index contributed by atoms with van der Waals surface area (Å²) >= 11 is 0. The highest BCUT2D eigenvalue weighted by molar-refractivity contribution is 5.79. The minimum Gasteiger partial charge on any atom is -0.461 e. The highest BCUT2D eigenvalue weighted by Crippen LogP contribution is 2.16. The van der Waals surface area contributed by atoms with Gasteiger partial charge in [0.15, 0.2) is 0 Å². The van der Waals surface area contributed by atoms with Gasteiger partial charge in [0, 0.05) is 12.8 Å². The summed E-state index contributed by atoms with van der Waals surface area (Å²) in [4.78, 5) is 22.0. The average molecular weight is 270 g/mol. The summed E-state index contributed by atoms with van der Waals surface area (Å²) in [7, 11) is 0. The van der Waals surface area contributed by atoms with E-state index >= 15 is 0 Å². The van der Waals surface area contributed by atoms with Gasteiger partial charge in [-0.3, -0.25) is 9.59 Å². The van der Waals surface area contributed by atoms with Gasteiger partial charge in [-0.1, -0.05) is 51.9 Å². The van der Waals surface area contributed by atoms with E-state index in [4.69, 9.17) is 4.74 Å². The van der Waals surface area contributed by atoms with E-state index < -0.39 is 5.60 Å². The van der Waals surface area contributed by atoms with Crippen LogP contribution >= 0.6 is 0 Å². The lowest BCUT2D eigenvalue weighted by Crippen LogP contribution is -2.27. The minimum atomic E-state index is -0.654. The molecule has 0 spiro atoms. The number of unbranched alkanes of at least 4 members (excludes halogenated alkanes) is 7. The molecule has 0 aliphatic carbocycles. The van der Waals surface area contributed by atoms with Crippen LogP contribution in [0.2, 0.25) is 0 Å². The summed E-state index contributed by atoms with van der Waals surface area (Å²) in [6.45, 7) is 6.19. The van der Waals surface area contributed by atoms with E-state index in [9.17, 15) is 9.59 Å². The van der Waals surface area contributed by atoms with Crippen molar-refractivity contribution in [3.63, 3.8) is 0 Å². The molecule has 0 unspecified atom stereocenters. The molecule has 3 nitrogen and oxygen atoms in total. The summed E-state index contributed by atoms with van der Waals surface area (Å²) in [5, 5.41) is 0. The molecular weight excluding hydrogens is 240 g/mol. The number of hydrogen-bond acceptors (Lipinski definition) is 3. The molecule has 0 heterocycles. The SMILES string of the molecule is CCCCCCCCCCC(=O)CC(C)(C)OC=O. The molecule has 0 amide bonds. The number of Topliss-reactive ketones (excluding diaryl/α,β-unsaturated/α-hetero) is 1. The first-order valence-electron chi connectivity index (χ1n) is 7.65. The van der Waals surface area contributed by atoms with Crippen LogP contribution in [0.15, 0.2) is 0 Å². The predicted molar refractivity (Wildman–Crippen MR) is 78.1 cm³/mol. The molecule has 0 aromatic heterocycles. The zero-order valence-corrected chi connectivity index (χ0v) is 12.9. The van der Waals surface area contributed by atoms with Gasteiger partial charge in [-0.15, -0.1) is 0 Å².